The summed E-state index contributed by atoms with van der Waals surface area (Å²) < 4.78 is 0. The summed E-state index contributed by atoms with van der Waals surface area (Å²) in [4.78, 5) is 20.3. The Balaban J connectivity index is 1.68. The summed E-state index contributed by atoms with van der Waals surface area (Å²) in [7, 11) is 2.03. The highest BCUT2D eigenvalue weighted by Crippen LogP contribution is 2.07. The molecule has 100 valence electrons. The SMILES string of the molecule is CN(CCC(=O)N1CCNCC1)Cc1nccs1. The molecule has 1 saturated heterocycles. The second-order valence-corrected chi connectivity index (χ2v) is 5.52. The number of aromatic nitrogens is 1. The van der Waals surface area contributed by atoms with Crippen molar-refractivity contribution in [3.05, 3.63) is 16.6 Å². The van der Waals surface area contributed by atoms with Gasteiger partial charge >= 0.3 is 0 Å². The first-order valence-electron chi connectivity index (χ1n) is 6.31. The molecule has 18 heavy (non-hydrogen) atoms. The third-order valence-corrected chi connectivity index (χ3v) is 3.83. The van der Waals surface area contributed by atoms with Crippen LogP contribution in [-0.2, 0) is 11.3 Å². The summed E-state index contributed by atoms with van der Waals surface area (Å²) in [6, 6.07) is 0. The van der Waals surface area contributed by atoms with Gasteiger partial charge in [-0.15, -0.1) is 11.3 Å². The number of rotatable bonds is 5. The quantitative estimate of drug-likeness (QED) is 0.839. The fourth-order valence-corrected chi connectivity index (χ4v) is 2.70. The van der Waals surface area contributed by atoms with E-state index in [1.165, 1.54) is 0 Å². The highest BCUT2D eigenvalue weighted by molar-refractivity contribution is 7.09. The average Bonchev–Trinajstić information content (AvgIpc) is 2.90. The molecule has 1 N–H and O–H groups in total. The number of piperazine rings is 1. The van der Waals surface area contributed by atoms with E-state index in [-0.39, 0.29) is 5.91 Å². The van der Waals surface area contributed by atoms with Crippen molar-refractivity contribution in [1.82, 2.24) is 20.1 Å². The summed E-state index contributed by atoms with van der Waals surface area (Å²) in [5.74, 6) is 0.266. The van der Waals surface area contributed by atoms with Crippen LogP contribution in [0.15, 0.2) is 11.6 Å². The van der Waals surface area contributed by atoms with Gasteiger partial charge in [-0.05, 0) is 7.05 Å². The van der Waals surface area contributed by atoms with Crippen LogP contribution in [0.5, 0.6) is 0 Å². The van der Waals surface area contributed by atoms with Gasteiger partial charge in [0.15, 0.2) is 0 Å². The molecule has 2 heterocycles. The minimum absolute atomic E-state index is 0.266. The lowest BCUT2D eigenvalue weighted by Crippen LogP contribution is -2.47. The van der Waals surface area contributed by atoms with Gasteiger partial charge in [0.05, 0.1) is 6.54 Å². The first-order valence-corrected chi connectivity index (χ1v) is 7.19. The van der Waals surface area contributed by atoms with E-state index < -0.39 is 0 Å². The van der Waals surface area contributed by atoms with Gasteiger partial charge in [0, 0.05) is 50.7 Å². The van der Waals surface area contributed by atoms with Crippen LogP contribution in [0.25, 0.3) is 0 Å². The van der Waals surface area contributed by atoms with Crippen LogP contribution in [0.1, 0.15) is 11.4 Å². The smallest absolute Gasteiger partial charge is 0.223 e. The molecule has 1 fully saturated rings. The highest BCUT2D eigenvalue weighted by Gasteiger charge is 2.16. The van der Waals surface area contributed by atoms with E-state index in [1.807, 2.05) is 23.5 Å². The van der Waals surface area contributed by atoms with Crippen molar-refractivity contribution in [1.29, 1.82) is 0 Å². The van der Waals surface area contributed by atoms with Crippen molar-refractivity contribution in [3.63, 3.8) is 0 Å². The fourth-order valence-electron chi connectivity index (χ4n) is 2.00. The molecule has 6 heteroatoms. The van der Waals surface area contributed by atoms with Crippen molar-refractivity contribution in [2.24, 2.45) is 0 Å². The molecule has 0 atom stereocenters. The third-order valence-electron chi connectivity index (χ3n) is 3.07. The number of thiazole rings is 1. The second kappa shape index (κ2) is 6.82. The minimum Gasteiger partial charge on any atom is -0.340 e. The predicted molar refractivity (Wildman–Crippen MR) is 72.5 cm³/mol. The van der Waals surface area contributed by atoms with Crippen molar-refractivity contribution < 1.29 is 4.79 Å². The highest BCUT2D eigenvalue weighted by atomic mass is 32.1. The Labute approximate surface area is 112 Å². The van der Waals surface area contributed by atoms with E-state index in [9.17, 15) is 4.79 Å². The monoisotopic (exact) mass is 268 g/mol. The van der Waals surface area contributed by atoms with Crippen LogP contribution >= 0.6 is 11.3 Å². The van der Waals surface area contributed by atoms with Gasteiger partial charge in [-0.1, -0.05) is 0 Å². The van der Waals surface area contributed by atoms with Crippen molar-refractivity contribution in [2.45, 2.75) is 13.0 Å². The molecule has 1 aromatic heterocycles. The molecule has 0 aromatic carbocycles. The summed E-state index contributed by atoms with van der Waals surface area (Å²) in [5.41, 5.74) is 0. The van der Waals surface area contributed by atoms with E-state index in [2.05, 4.69) is 15.2 Å². The molecule has 0 bridgehead atoms. The van der Waals surface area contributed by atoms with Crippen molar-refractivity contribution in [3.8, 4) is 0 Å². The van der Waals surface area contributed by atoms with E-state index in [1.54, 1.807) is 11.3 Å². The molecular formula is C12H20N4OS. The number of hydrogen-bond acceptors (Lipinski definition) is 5. The lowest BCUT2D eigenvalue weighted by Gasteiger charge is -2.28. The molecule has 0 radical (unpaired) electrons. The normalized spacial score (nSPS) is 16.2. The maximum Gasteiger partial charge on any atom is 0.223 e. The molecule has 0 unspecified atom stereocenters. The summed E-state index contributed by atoms with van der Waals surface area (Å²) in [6.07, 6.45) is 2.42. The van der Waals surface area contributed by atoms with E-state index in [0.717, 1.165) is 44.3 Å². The lowest BCUT2D eigenvalue weighted by atomic mass is 10.3. The molecule has 2 rings (SSSR count). The maximum absolute atomic E-state index is 12.0. The molecule has 1 aromatic rings. The number of hydrogen-bond donors (Lipinski definition) is 1. The zero-order chi connectivity index (χ0) is 12.8. The predicted octanol–water partition coefficient (Wildman–Crippen LogP) is 0.397. The van der Waals surface area contributed by atoms with Gasteiger partial charge in [0.2, 0.25) is 5.91 Å². The molecule has 0 aliphatic carbocycles. The zero-order valence-corrected chi connectivity index (χ0v) is 11.6. The van der Waals surface area contributed by atoms with Gasteiger partial charge in [-0.2, -0.15) is 0 Å². The van der Waals surface area contributed by atoms with E-state index in [0.29, 0.717) is 6.42 Å². The molecule has 0 spiro atoms. The summed E-state index contributed by atoms with van der Waals surface area (Å²) in [6.45, 7) is 5.14. The standard InChI is InChI=1S/C12H20N4OS/c1-15(10-11-14-5-9-18-11)6-2-12(17)16-7-3-13-4-8-16/h5,9,13H,2-4,6-8,10H2,1H3. The van der Waals surface area contributed by atoms with Crippen LogP contribution in [0.3, 0.4) is 0 Å². The van der Waals surface area contributed by atoms with Gasteiger partial charge in [0.25, 0.3) is 0 Å². The van der Waals surface area contributed by atoms with Crippen molar-refractivity contribution >= 4 is 17.2 Å². The topological polar surface area (TPSA) is 48.5 Å². The molecule has 5 nitrogen and oxygen atoms in total. The first kappa shape index (κ1) is 13.5. The Kier molecular flexibility index (Phi) is 5.10. The Morgan fingerprint density at radius 3 is 3.00 bits per heavy atom. The van der Waals surface area contributed by atoms with E-state index >= 15 is 0 Å². The number of amides is 1. The molecular weight excluding hydrogens is 248 g/mol. The van der Waals surface area contributed by atoms with Gasteiger partial charge in [-0.3, -0.25) is 9.69 Å². The zero-order valence-electron chi connectivity index (χ0n) is 10.8. The molecule has 0 saturated carbocycles. The number of nitrogens with zero attached hydrogens (tertiary/aromatic N) is 3. The number of nitrogens with one attached hydrogen (secondary N) is 1. The fraction of sp³-hybridized carbons (Fsp3) is 0.667. The molecule has 1 aliphatic heterocycles. The Hall–Kier alpha value is -0.980. The average molecular weight is 268 g/mol. The van der Waals surface area contributed by atoms with Gasteiger partial charge in [0.1, 0.15) is 5.01 Å². The van der Waals surface area contributed by atoms with Crippen molar-refractivity contribution in [2.75, 3.05) is 39.8 Å². The Morgan fingerprint density at radius 1 is 1.56 bits per heavy atom. The van der Waals surface area contributed by atoms with Crippen LogP contribution in [0.2, 0.25) is 0 Å². The van der Waals surface area contributed by atoms with E-state index in [4.69, 9.17) is 0 Å². The van der Waals surface area contributed by atoms with Crippen LogP contribution in [0.4, 0.5) is 0 Å². The third kappa shape index (κ3) is 4.04. The van der Waals surface area contributed by atoms with Crippen LogP contribution in [-0.4, -0.2) is 60.5 Å². The Bertz CT molecular complexity index is 362. The first-order chi connectivity index (χ1) is 8.75. The van der Waals surface area contributed by atoms with Gasteiger partial charge < -0.3 is 10.2 Å². The molecule has 1 amide bonds. The van der Waals surface area contributed by atoms with Crippen LogP contribution in [0, 0.1) is 0 Å². The van der Waals surface area contributed by atoms with Gasteiger partial charge in [-0.25, -0.2) is 4.98 Å². The summed E-state index contributed by atoms with van der Waals surface area (Å²) in [5, 5.41) is 6.34. The minimum atomic E-state index is 0.266. The summed E-state index contributed by atoms with van der Waals surface area (Å²) >= 11 is 1.66. The second-order valence-electron chi connectivity index (χ2n) is 4.54. The Morgan fingerprint density at radius 2 is 2.33 bits per heavy atom. The lowest BCUT2D eigenvalue weighted by molar-refractivity contribution is -0.132. The number of carbonyl (C=O) groups is 1. The number of carbonyl (C=O) groups excluding carboxylic acids is 1. The van der Waals surface area contributed by atoms with Crippen LogP contribution < -0.4 is 5.32 Å². The molecule has 1 aliphatic rings. The largest absolute Gasteiger partial charge is 0.340 e. The maximum atomic E-state index is 12.0.